The van der Waals surface area contributed by atoms with E-state index in [9.17, 15) is 0 Å². The Kier molecular flexibility index (Phi) is 2.92. The summed E-state index contributed by atoms with van der Waals surface area (Å²) in [5, 5.41) is 11.5. The lowest BCUT2D eigenvalue weighted by molar-refractivity contribution is 0.648. The third-order valence-electron chi connectivity index (χ3n) is 2.89. The van der Waals surface area contributed by atoms with E-state index >= 15 is 0 Å². The van der Waals surface area contributed by atoms with Crippen LogP contribution < -0.4 is 5.73 Å². The van der Waals surface area contributed by atoms with E-state index in [1.54, 1.807) is 10.9 Å². The molecule has 0 aromatic carbocycles. The van der Waals surface area contributed by atoms with Crippen LogP contribution in [0.15, 0.2) is 6.20 Å². The lowest BCUT2D eigenvalue weighted by Crippen LogP contribution is -2.02. The number of nitrogens with zero attached hydrogens (tertiary/aromatic N) is 3. The number of aromatic amines is 1. The predicted molar refractivity (Wildman–Crippen MR) is 68.5 cm³/mol. The number of hydrogen-bond acceptors (Lipinski definition) is 3. The average molecular weight is 233 g/mol. The molecule has 0 aliphatic carbocycles. The molecule has 0 aliphatic rings. The zero-order valence-electron chi connectivity index (χ0n) is 10.8. The van der Waals surface area contributed by atoms with Gasteiger partial charge in [-0.25, -0.2) is 0 Å². The Hall–Kier alpha value is -1.78. The summed E-state index contributed by atoms with van der Waals surface area (Å²) < 4.78 is 1.74. The van der Waals surface area contributed by atoms with Gasteiger partial charge in [-0.15, -0.1) is 0 Å². The first-order chi connectivity index (χ1) is 8.00. The van der Waals surface area contributed by atoms with E-state index in [1.807, 2.05) is 14.0 Å². The summed E-state index contributed by atoms with van der Waals surface area (Å²) in [5.74, 6) is 1.29. The van der Waals surface area contributed by atoms with Crippen molar-refractivity contribution in [1.82, 2.24) is 20.0 Å². The number of hydrogen-bond donors (Lipinski definition) is 2. The van der Waals surface area contributed by atoms with Crippen molar-refractivity contribution in [3.63, 3.8) is 0 Å². The van der Waals surface area contributed by atoms with Crippen molar-refractivity contribution in [2.75, 3.05) is 5.73 Å². The number of aryl methyl sites for hydroxylation is 2. The van der Waals surface area contributed by atoms with Crippen molar-refractivity contribution >= 4 is 5.82 Å². The van der Waals surface area contributed by atoms with Crippen molar-refractivity contribution < 1.29 is 0 Å². The Morgan fingerprint density at radius 3 is 2.71 bits per heavy atom. The van der Waals surface area contributed by atoms with Crippen molar-refractivity contribution in [1.29, 1.82) is 0 Å². The summed E-state index contributed by atoms with van der Waals surface area (Å²) in [6.45, 7) is 6.35. The van der Waals surface area contributed by atoms with Gasteiger partial charge < -0.3 is 5.73 Å². The van der Waals surface area contributed by atoms with Gasteiger partial charge in [-0.05, 0) is 19.3 Å². The summed E-state index contributed by atoms with van der Waals surface area (Å²) in [6, 6.07) is 0. The van der Waals surface area contributed by atoms with Crippen LogP contribution in [0.5, 0.6) is 0 Å². The molecular formula is C12H19N5. The molecule has 5 nitrogen and oxygen atoms in total. The van der Waals surface area contributed by atoms with Crippen molar-refractivity contribution in [3.05, 3.63) is 17.5 Å². The van der Waals surface area contributed by atoms with Gasteiger partial charge in [0, 0.05) is 23.9 Å². The molecule has 0 amide bonds. The fourth-order valence-electron chi connectivity index (χ4n) is 2.00. The molecule has 92 valence electrons. The molecule has 0 saturated carbocycles. The molecule has 2 aromatic heterocycles. The minimum absolute atomic E-state index is 0.549. The third kappa shape index (κ3) is 2.05. The van der Waals surface area contributed by atoms with Gasteiger partial charge in [-0.3, -0.25) is 9.78 Å². The van der Waals surface area contributed by atoms with Crippen LogP contribution in [-0.2, 0) is 13.5 Å². The van der Waals surface area contributed by atoms with Gasteiger partial charge in [0.05, 0.1) is 6.20 Å². The standard InChI is InChI=1S/C12H19N5/c1-7(2)5-9-11(16-17(4)12(9)13)10-6-14-15-8(10)3/h6-7H,5,13H2,1-4H3,(H,14,15). The summed E-state index contributed by atoms with van der Waals surface area (Å²) >= 11 is 0. The molecule has 0 spiro atoms. The molecule has 2 heterocycles. The molecule has 17 heavy (non-hydrogen) atoms. The highest BCUT2D eigenvalue weighted by atomic mass is 15.3. The van der Waals surface area contributed by atoms with E-state index in [0.29, 0.717) is 5.92 Å². The second kappa shape index (κ2) is 4.24. The normalized spacial score (nSPS) is 11.4. The molecule has 0 aliphatic heterocycles. The molecule has 2 rings (SSSR count). The van der Waals surface area contributed by atoms with Crippen LogP contribution in [0.1, 0.15) is 25.1 Å². The van der Waals surface area contributed by atoms with Crippen LogP contribution >= 0.6 is 0 Å². The summed E-state index contributed by atoms with van der Waals surface area (Å²) in [5.41, 5.74) is 10.2. The quantitative estimate of drug-likeness (QED) is 0.850. The van der Waals surface area contributed by atoms with E-state index in [1.165, 1.54) is 0 Å². The van der Waals surface area contributed by atoms with Crippen LogP contribution in [0, 0.1) is 12.8 Å². The van der Waals surface area contributed by atoms with Crippen LogP contribution in [0.3, 0.4) is 0 Å². The third-order valence-corrected chi connectivity index (χ3v) is 2.89. The van der Waals surface area contributed by atoms with E-state index < -0.39 is 0 Å². The second-order valence-electron chi connectivity index (χ2n) is 4.84. The van der Waals surface area contributed by atoms with Crippen molar-refractivity contribution in [2.45, 2.75) is 27.2 Å². The van der Waals surface area contributed by atoms with Crippen molar-refractivity contribution in [2.24, 2.45) is 13.0 Å². The molecule has 0 unspecified atom stereocenters. The minimum Gasteiger partial charge on any atom is -0.384 e. The van der Waals surface area contributed by atoms with Gasteiger partial charge in [0.25, 0.3) is 0 Å². The number of nitrogens with one attached hydrogen (secondary N) is 1. The number of rotatable bonds is 3. The highest BCUT2D eigenvalue weighted by Crippen LogP contribution is 2.29. The first-order valence-corrected chi connectivity index (χ1v) is 5.82. The van der Waals surface area contributed by atoms with Crippen LogP contribution in [0.4, 0.5) is 5.82 Å². The van der Waals surface area contributed by atoms with Gasteiger partial charge in [-0.2, -0.15) is 10.2 Å². The minimum atomic E-state index is 0.549. The summed E-state index contributed by atoms with van der Waals surface area (Å²) in [4.78, 5) is 0. The zero-order chi connectivity index (χ0) is 12.6. The number of aromatic nitrogens is 4. The lowest BCUT2D eigenvalue weighted by atomic mass is 9.99. The Morgan fingerprint density at radius 2 is 2.18 bits per heavy atom. The zero-order valence-corrected chi connectivity index (χ0v) is 10.8. The summed E-state index contributed by atoms with van der Waals surface area (Å²) in [6.07, 6.45) is 2.74. The Balaban J connectivity index is 2.54. The SMILES string of the molecule is Cc1[nH]ncc1-c1nn(C)c(N)c1CC(C)C. The summed E-state index contributed by atoms with van der Waals surface area (Å²) in [7, 11) is 1.87. The van der Waals surface area contributed by atoms with Crippen molar-refractivity contribution in [3.8, 4) is 11.3 Å². The van der Waals surface area contributed by atoms with Gasteiger partial charge in [0.1, 0.15) is 11.5 Å². The van der Waals surface area contributed by atoms with Gasteiger partial charge >= 0.3 is 0 Å². The molecule has 5 heteroatoms. The topological polar surface area (TPSA) is 72.5 Å². The van der Waals surface area contributed by atoms with E-state index in [4.69, 9.17) is 5.73 Å². The molecular weight excluding hydrogens is 214 g/mol. The second-order valence-corrected chi connectivity index (χ2v) is 4.84. The molecule has 0 radical (unpaired) electrons. The number of nitrogen functional groups attached to an aromatic ring is 1. The highest BCUT2D eigenvalue weighted by Gasteiger charge is 2.18. The Bertz CT molecular complexity index is 521. The fourth-order valence-corrected chi connectivity index (χ4v) is 2.00. The average Bonchev–Trinajstić information content (AvgIpc) is 2.77. The number of H-pyrrole nitrogens is 1. The maximum Gasteiger partial charge on any atom is 0.125 e. The van der Waals surface area contributed by atoms with Gasteiger partial charge in [0.15, 0.2) is 0 Å². The van der Waals surface area contributed by atoms with E-state index in [2.05, 4.69) is 29.1 Å². The highest BCUT2D eigenvalue weighted by molar-refractivity contribution is 5.69. The number of nitrogens with two attached hydrogens (primary N) is 1. The molecule has 0 atom stereocenters. The number of anilines is 1. The molecule has 2 aromatic rings. The first-order valence-electron chi connectivity index (χ1n) is 5.82. The van der Waals surface area contributed by atoms with Crippen LogP contribution in [-0.4, -0.2) is 20.0 Å². The smallest absolute Gasteiger partial charge is 0.125 e. The molecule has 3 N–H and O–H groups in total. The predicted octanol–water partition coefficient (Wildman–Crippen LogP) is 1.90. The molecule has 0 fully saturated rings. The Labute approximate surface area is 101 Å². The maximum absolute atomic E-state index is 6.08. The van der Waals surface area contributed by atoms with Gasteiger partial charge in [-0.1, -0.05) is 13.8 Å². The van der Waals surface area contributed by atoms with E-state index in [0.717, 1.165) is 34.8 Å². The van der Waals surface area contributed by atoms with Crippen LogP contribution in [0.2, 0.25) is 0 Å². The largest absolute Gasteiger partial charge is 0.384 e. The van der Waals surface area contributed by atoms with Gasteiger partial charge in [0.2, 0.25) is 0 Å². The fraction of sp³-hybridized carbons (Fsp3) is 0.500. The Morgan fingerprint density at radius 1 is 1.47 bits per heavy atom. The van der Waals surface area contributed by atoms with E-state index in [-0.39, 0.29) is 0 Å². The molecule has 0 bridgehead atoms. The van der Waals surface area contributed by atoms with Crippen LogP contribution in [0.25, 0.3) is 11.3 Å². The lowest BCUT2D eigenvalue weighted by Gasteiger charge is -2.06. The molecule has 0 saturated heterocycles. The first kappa shape index (κ1) is 11.7. The maximum atomic E-state index is 6.08. The monoisotopic (exact) mass is 233 g/mol.